The highest BCUT2D eigenvalue weighted by Crippen LogP contribution is 2.14. The van der Waals surface area contributed by atoms with Crippen LogP contribution in [0, 0.1) is 5.92 Å². The van der Waals surface area contributed by atoms with Crippen LogP contribution in [0.5, 0.6) is 0 Å². The van der Waals surface area contributed by atoms with Crippen molar-refractivity contribution in [1.82, 2.24) is 25.2 Å². The molecule has 20 heavy (non-hydrogen) atoms. The van der Waals surface area contributed by atoms with Crippen LogP contribution in [0.3, 0.4) is 0 Å². The minimum Gasteiger partial charge on any atom is -0.480 e. The van der Waals surface area contributed by atoms with E-state index in [0.29, 0.717) is 12.5 Å². The number of nitrogens with one attached hydrogen (secondary N) is 1. The third-order valence-electron chi connectivity index (χ3n) is 3.46. The number of carbonyl (C=O) groups excluding carboxylic acids is 1. The number of carboxylic acid groups (broad SMARTS) is 1. The van der Waals surface area contributed by atoms with Crippen molar-refractivity contribution in [3.8, 4) is 0 Å². The molecule has 1 aromatic rings. The number of carbonyl (C=O) groups is 2. The van der Waals surface area contributed by atoms with E-state index in [4.69, 9.17) is 5.11 Å². The average molecular weight is 281 g/mol. The molecule has 0 saturated carbocycles. The monoisotopic (exact) mass is 281 g/mol. The van der Waals surface area contributed by atoms with Gasteiger partial charge >= 0.3 is 5.97 Å². The Morgan fingerprint density at radius 1 is 1.45 bits per heavy atom. The summed E-state index contributed by atoms with van der Waals surface area (Å²) in [7, 11) is 2.09. The highest BCUT2D eigenvalue weighted by molar-refractivity contribution is 5.91. The number of hydrogen-bond donors (Lipinski definition) is 2. The molecule has 0 unspecified atom stereocenters. The van der Waals surface area contributed by atoms with Gasteiger partial charge in [-0.2, -0.15) is 0 Å². The van der Waals surface area contributed by atoms with E-state index in [-0.39, 0.29) is 18.1 Å². The van der Waals surface area contributed by atoms with Crippen molar-refractivity contribution in [3.63, 3.8) is 0 Å². The third-order valence-corrected chi connectivity index (χ3v) is 3.46. The molecule has 0 atom stereocenters. The Hall–Kier alpha value is -1.96. The summed E-state index contributed by atoms with van der Waals surface area (Å²) in [5, 5.41) is 18.7. The van der Waals surface area contributed by atoms with Crippen LogP contribution in [0.1, 0.15) is 23.3 Å². The molecule has 0 radical (unpaired) electrons. The Balaban J connectivity index is 1.79. The van der Waals surface area contributed by atoms with Crippen molar-refractivity contribution in [2.24, 2.45) is 5.92 Å². The number of carboxylic acids is 1. The number of aliphatic carboxylic acids is 1. The van der Waals surface area contributed by atoms with Crippen LogP contribution >= 0.6 is 0 Å². The van der Waals surface area contributed by atoms with Gasteiger partial charge in [0.2, 0.25) is 0 Å². The zero-order valence-corrected chi connectivity index (χ0v) is 11.4. The van der Waals surface area contributed by atoms with Gasteiger partial charge in [0.1, 0.15) is 6.54 Å². The number of hydrogen-bond acceptors (Lipinski definition) is 5. The second kappa shape index (κ2) is 6.47. The fourth-order valence-corrected chi connectivity index (χ4v) is 2.21. The summed E-state index contributed by atoms with van der Waals surface area (Å²) in [6.07, 6.45) is 3.49. The van der Waals surface area contributed by atoms with Gasteiger partial charge in [-0.15, -0.1) is 5.10 Å². The molecule has 1 aromatic heterocycles. The number of nitrogens with zero attached hydrogens (tertiary/aromatic N) is 4. The molecule has 0 aromatic carbocycles. The minimum absolute atomic E-state index is 0.152. The van der Waals surface area contributed by atoms with Gasteiger partial charge in [0, 0.05) is 6.54 Å². The molecule has 0 bridgehead atoms. The largest absolute Gasteiger partial charge is 0.480 e. The molecule has 0 spiro atoms. The molecule has 8 nitrogen and oxygen atoms in total. The average Bonchev–Trinajstić information content (AvgIpc) is 2.85. The number of aromatic nitrogens is 3. The molecule has 2 heterocycles. The van der Waals surface area contributed by atoms with E-state index < -0.39 is 5.97 Å². The Kier molecular flexibility index (Phi) is 4.67. The van der Waals surface area contributed by atoms with Crippen LogP contribution < -0.4 is 5.32 Å². The maximum Gasteiger partial charge on any atom is 0.325 e. The van der Waals surface area contributed by atoms with E-state index in [1.807, 2.05) is 0 Å². The fraction of sp³-hybridized carbons (Fsp3) is 0.667. The third kappa shape index (κ3) is 4.02. The lowest BCUT2D eigenvalue weighted by Gasteiger charge is -2.28. The summed E-state index contributed by atoms with van der Waals surface area (Å²) in [4.78, 5) is 24.7. The van der Waals surface area contributed by atoms with Gasteiger partial charge in [0.15, 0.2) is 5.69 Å². The lowest BCUT2D eigenvalue weighted by molar-refractivity contribution is -0.137. The van der Waals surface area contributed by atoms with Crippen LogP contribution in [0.15, 0.2) is 6.20 Å². The SMILES string of the molecule is CN1CCC(CNC(=O)c2cn(CC(=O)O)nn2)CC1. The number of amides is 1. The molecular formula is C12H19N5O3. The summed E-state index contributed by atoms with van der Waals surface area (Å²) >= 11 is 0. The molecule has 1 aliphatic heterocycles. The van der Waals surface area contributed by atoms with Gasteiger partial charge in [-0.05, 0) is 38.9 Å². The molecule has 1 fully saturated rings. The predicted octanol–water partition coefficient (Wildman–Crippen LogP) is -0.566. The first-order valence-corrected chi connectivity index (χ1v) is 6.63. The quantitative estimate of drug-likeness (QED) is 0.750. The number of rotatable bonds is 5. The van der Waals surface area contributed by atoms with E-state index in [2.05, 4.69) is 27.6 Å². The van der Waals surface area contributed by atoms with Crippen LogP contribution in [-0.4, -0.2) is 63.6 Å². The molecule has 2 rings (SSSR count). The zero-order chi connectivity index (χ0) is 14.5. The van der Waals surface area contributed by atoms with Gasteiger partial charge in [-0.3, -0.25) is 9.59 Å². The minimum atomic E-state index is -1.02. The number of likely N-dealkylation sites (tertiary alicyclic amines) is 1. The Morgan fingerprint density at radius 2 is 2.15 bits per heavy atom. The lowest BCUT2D eigenvalue weighted by Crippen LogP contribution is -2.37. The second-order valence-corrected chi connectivity index (χ2v) is 5.15. The van der Waals surface area contributed by atoms with Crippen LogP contribution in [0.4, 0.5) is 0 Å². The normalized spacial score (nSPS) is 17.1. The van der Waals surface area contributed by atoms with E-state index in [1.54, 1.807) is 0 Å². The van der Waals surface area contributed by atoms with Crippen molar-refractivity contribution in [2.75, 3.05) is 26.7 Å². The van der Waals surface area contributed by atoms with Gasteiger partial charge in [0.25, 0.3) is 5.91 Å². The molecule has 2 N–H and O–H groups in total. The maximum absolute atomic E-state index is 11.9. The Bertz CT molecular complexity index is 479. The molecule has 0 aliphatic carbocycles. The standard InChI is InChI=1S/C12H19N5O3/c1-16-4-2-9(3-5-16)6-13-12(20)10-7-17(15-14-10)8-11(18)19/h7,9H,2-6,8H2,1H3,(H,13,20)(H,18,19). The zero-order valence-electron chi connectivity index (χ0n) is 11.4. The van der Waals surface area contributed by atoms with Crippen LogP contribution in [0.2, 0.25) is 0 Å². The Labute approximate surface area is 116 Å². The van der Waals surface area contributed by atoms with Crippen molar-refractivity contribution < 1.29 is 14.7 Å². The Morgan fingerprint density at radius 3 is 2.80 bits per heavy atom. The van der Waals surface area contributed by atoms with Crippen LogP contribution in [0.25, 0.3) is 0 Å². The maximum atomic E-state index is 11.9. The first kappa shape index (κ1) is 14.4. The highest BCUT2D eigenvalue weighted by Gasteiger charge is 2.18. The second-order valence-electron chi connectivity index (χ2n) is 5.15. The highest BCUT2D eigenvalue weighted by atomic mass is 16.4. The molecular weight excluding hydrogens is 262 g/mol. The van der Waals surface area contributed by atoms with Gasteiger partial charge in [-0.25, -0.2) is 4.68 Å². The first-order chi connectivity index (χ1) is 9.54. The predicted molar refractivity (Wildman–Crippen MR) is 70.2 cm³/mol. The molecule has 8 heteroatoms. The van der Waals surface area contributed by atoms with Gasteiger partial charge in [0.05, 0.1) is 6.20 Å². The summed E-state index contributed by atoms with van der Waals surface area (Å²) in [5.41, 5.74) is 0.152. The van der Waals surface area contributed by atoms with Crippen molar-refractivity contribution >= 4 is 11.9 Å². The molecule has 1 aliphatic rings. The molecule has 1 saturated heterocycles. The topological polar surface area (TPSA) is 100 Å². The summed E-state index contributed by atoms with van der Waals surface area (Å²) < 4.78 is 1.13. The van der Waals surface area contributed by atoms with E-state index in [0.717, 1.165) is 30.6 Å². The number of piperidine rings is 1. The van der Waals surface area contributed by atoms with E-state index >= 15 is 0 Å². The smallest absolute Gasteiger partial charge is 0.325 e. The van der Waals surface area contributed by atoms with Crippen molar-refractivity contribution in [1.29, 1.82) is 0 Å². The lowest BCUT2D eigenvalue weighted by atomic mass is 9.97. The molecule has 1 amide bonds. The van der Waals surface area contributed by atoms with Gasteiger partial charge < -0.3 is 15.3 Å². The van der Waals surface area contributed by atoms with E-state index in [1.165, 1.54) is 6.20 Å². The summed E-state index contributed by atoms with van der Waals surface area (Å²) in [6.45, 7) is 2.43. The van der Waals surface area contributed by atoms with Crippen molar-refractivity contribution in [2.45, 2.75) is 19.4 Å². The summed E-state index contributed by atoms with van der Waals surface area (Å²) in [5.74, 6) is -0.835. The van der Waals surface area contributed by atoms with E-state index in [9.17, 15) is 9.59 Å². The van der Waals surface area contributed by atoms with Crippen molar-refractivity contribution in [3.05, 3.63) is 11.9 Å². The first-order valence-electron chi connectivity index (χ1n) is 6.63. The fourth-order valence-electron chi connectivity index (χ4n) is 2.21. The van der Waals surface area contributed by atoms with Gasteiger partial charge in [-0.1, -0.05) is 5.21 Å². The molecule has 110 valence electrons. The van der Waals surface area contributed by atoms with Crippen LogP contribution in [-0.2, 0) is 11.3 Å². The summed E-state index contributed by atoms with van der Waals surface area (Å²) in [6, 6.07) is 0.